The maximum atomic E-state index is 6.54. The first kappa shape index (κ1) is 15.8. The van der Waals surface area contributed by atoms with E-state index < -0.39 is 0 Å². The van der Waals surface area contributed by atoms with E-state index in [1.807, 2.05) is 0 Å². The molecule has 21 heavy (non-hydrogen) atoms. The Labute approximate surface area is 130 Å². The van der Waals surface area contributed by atoms with E-state index in [-0.39, 0.29) is 5.60 Å². The molecular weight excluding hydrogens is 260 g/mol. The van der Waals surface area contributed by atoms with Crippen LogP contribution in [0.4, 0.5) is 0 Å². The molecule has 2 saturated heterocycles. The molecule has 1 spiro atoms. The van der Waals surface area contributed by atoms with Gasteiger partial charge in [0.25, 0.3) is 0 Å². The number of rotatable bonds is 4. The molecule has 3 unspecified atom stereocenters. The van der Waals surface area contributed by atoms with Crippen LogP contribution in [0, 0.1) is 5.92 Å². The third-order valence-electron chi connectivity index (χ3n) is 6.02. The highest BCUT2D eigenvalue weighted by atomic mass is 16.5. The Morgan fingerprint density at radius 3 is 2.67 bits per heavy atom. The van der Waals surface area contributed by atoms with Gasteiger partial charge in [-0.15, -0.1) is 0 Å². The van der Waals surface area contributed by atoms with E-state index in [1.165, 1.54) is 71.0 Å². The zero-order chi connectivity index (χ0) is 14.7. The first-order valence-corrected chi connectivity index (χ1v) is 9.34. The van der Waals surface area contributed by atoms with Crippen molar-refractivity contribution in [3.63, 3.8) is 0 Å². The van der Waals surface area contributed by atoms with Crippen molar-refractivity contribution in [3.8, 4) is 0 Å². The molecule has 3 atom stereocenters. The fourth-order valence-corrected chi connectivity index (χ4v) is 4.84. The normalized spacial score (nSPS) is 37.1. The van der Waals surface area contributed by atoms with E-state index in [0.29, 0.717) is 6.10 Å². The second-order valence-corrected chi connectivity index (χ2v) is 7.71. The first-order chi connectivity index (χ1) is 10.2. The van der Waals surface area contributed by atoms with Gasteiger partial charge in [-0.2, -0.15) is 0 Å². The fraction of sp³-hybridized carbons (Fsp3) is 1.00. The first-order valence-electron chi connectivity index (χ1n) is 9.34. The van der Waals surface area contributed by atoms with Gasteiger partial charge in [0.05, 0.1) is 11.7 Å². The van der Waals surface area contributed by atoms with Gasteiger partial charge in [0, 0.05) is 19.1 Å². The number of piperidine rings is 1. The van der Waals surface area contributed by atoms with Gasteiger partial charge in [-0.25, -0.2) is 0 Å². The molecule has 0 aromatic carbocycles. The highest BCUT2D eigenvalue weighted by molar-refractivity contribution is 4.93. The molecule has 0 amide bonds. The average molecular weight is 294 g/mol. The summed E-state index contributed by atoms with van der Waals surface area (Å²) in [5.74, 6) is 0.767. The second-order valence-electron chi connectivity index (χ2n) is 7.71. The largest absolute Gasteiger partial charge is 0.370 e. The van der Waals surface area contributed by atoms with Gasteiger partial charge in [-0.3, -0.25) is 0 Å². The lowest BCUT2D eigenvalue weighted by Crippen LogP contribution is -2.50. The van der Waals surface area contributed by atoms with E-state index in [4.69, 9.17) is 4.74 Å². The highest BCUT2D eigenvalue weighted by Gasteiger charge is 2.41. The zero-order valence-corrected chi connectivity index (χ0v) is 14.1. The summed E-state index contributed by atoms with van der Waals surface area (Å²) in [6.07, 6.45) is 11.3. The molecule has 3 nitrogen and oxygen atoms in total. The van der Waals surface area contributed by atoms with Crippen molar-refractivity contribution in [2.24, 2.45) is 5.92 Å². The quantitative estimate of drug-likeness (QED) is 0.862. The predicted molar refractivity (Wildman–Crippen MR) is 87.6 cm³/mol. The summed E-state index contributed by atoms with van der Waals surface area (Å²) in [6, 6.07) is 0.723. The van der Waals surface area contributed by atoms with Crippen LogP contribution in [0.2, 0.25) is 0 Å². The number of ether oxygens (including phenoxy) is 1. The van der Waals surface area contributed by atoms with E-state index in [2.05, 4.69) is 24.1 Å². The van der Waals surface area contributed by atoms with E-state index >= 15 is 0 Å². The molecule has 1 saturated carbocycles. The highest BCUT2D eigenvalue weighted by Crippen LogP contribution is 2.42. The molecule has 3 heteroatoms. The van der Waals surface area contributed by atoms with Crippen LogP contribution in [0.1, 0.15) is 65.2 Å². The standard InChI is InChI=1S/C18H34N2O/c1-3-19-17-8-12-20(13-15(17)2)14-16-7-11-18(21-16)9-5-4-6-10-18/h15-17,19H,3-14H2,1-2H3. The van der Waals surface area contributed by atoms with Crippen LogP contribution < -0.4 is 5.32 Å². The Morgan fingerprint density at radius 1 is 1.14 bits per heavy atom. The maximum Gasteiger partial charge on any atom is 0.0710 e. The number of likely N-dealkylation sites (tertiary alicyclic amines) is 1. The molecule has 0 aromatic heterocycles. The minimum absolute atomic E-state index is 0.288. The number of nitrogens with one attached hydrogen (secondary N) is 1. The fourth-order valence-electron chi connectivity index (χ4n) is 4.84. The van der Waals surface area contributed by atoms with Gasteiger partial charge in [0.2, 0.25) is 0 Å². The number of hydrogen-bond acceptors (Lipinski definition) is 3. The Kier molecular flexibility index (Phi) is 5.23. The summed E-state index contributed by atoms with van der Waals surface area (Å²) in [6.45, 7) is 9.38. The van der Waals surface area contributed by atoms with Gasteiger partial charge >= 0.3 is 0 Å². The SMILES string of the molecule is CCNC1CCN(CC2CCC3(CCCCC3)O2)CC1C. The van der Waals surface area contributed by atoms with Crippen molar-refractivity contribution in [2.75, 3.05) is 26.2 Å². The van der Waals surface area contributed by atoms with Crippen LogP contribution in [-0.4, -0.2) is 48.8 Å². The topological polar surface area (TPSA) is 24.5 Å². The zero-order valence-electron chi connectivity index (χ0n) is 14.1. The molecular formula is C18H34N2O. The monoisotopic (exact) mass is 294 g/mol. The molecule has 2 heterocycles. The summed E-state index contributed by atoms with van der Waals surface area (Å²) in [7, 11) is 0. The summed E-state index contributed by atoms with van der Waals surface area (Å²) >= 11 is 0. The lowest BCUT2D eigenvalue weighted by molar-refractivity contribution is -0.0746. The van der Waals surface area contributed by atoms with Crippen molar-refractivity contribution in [3.05, 3.63) is 0 Å². The number of nitrogens with zero attached hydrogens (tertiary/aromatic N) is 1. The van der Waals surface area contributed by atoms with Crippen LogP contribution >= 0.6 is 0 Å². The third kappa shape index (κ3) is 3.80. The average Bonchev–Trinajstić information content (AvgIpc) is 2.85. The van der Waals surface area contributed by atoms with Crippen molar-refractivity contribution in [1.82, 2.24) is 10.2 Å². The van der Waals surface area contributed by atoms with Crippen LogP contribution in [0.15, 0.2) is 0 Å². The van der Waals surface area contributed by atoms with Crippen LogP contribution in [-0.2, 0) is 4.74 Å². The van der Waals surface area contributed by atoms with Gasteiger partial charge in [-0.1, -0.05) is 33.1 Å². The smallest absolute Gasteiger partial charge is 0.0710 e. The third-order valence-corrected chi connectivity index (χ3v) is 6.02. The molecule has 3 fully saturated rings. The predicted octanol–water partition coefficient (Wildman–Crippen LogP) is 3.19. The van der Waals surface area contributed by atoms with Crippen LogP contribution in [0.25, 0.3) is 0 Å². The van der Waals surface area contributed by atoms with Crippen molar-refractivity contribution in [1.29, 1.82) is 0 Å². The molecule has 122 valence electrons. The molecule has 3 rings (SSSR count). The molecule has 0 aromatic rings. The molecule has 1 aliphatic carbocycles. The minimum atomic E-state index is 0.288. The van der Waals surface area contributed by atoms with Gasteiger partial charge in [0.15, 0.2) is 0 Å². The molecule has 0 radical (unpaired) electrons. The van der Waals surface area contributed by atoms with E-state index in [9.17, 15) is 0 Å². The van der Waals surface area contributed by atoms with Crippen molar-refractivity contribution >= 4 is 0 Å². The molecule has 1 N–H and O–H groups in total. The lowest BCUT2D eigenvalue weighted by Gasteiger charge is -2.39. The second kappa shape index (κ2) is 6.97. The summed E-state index contributed by atoms with van der Waals surface area (Å²) in [4.78, 5) is 2.66. The van der Waals surface area contributed by atoms with Crippen LogP contribution in [0.5, 0.6) is 0 Å². The van der Waals surface area contributed by atoms with Crippen molar-refractivity contribution < 1.29 is 4.74 Å². The van der Waals surface area contributed by atoms with Crippen molar-refractivity contribution in [2.45, 2.75) is 83.0 Å². The molecule has 2 aliphatic heterocycles. The van der Waals surface area contributed by atoms with E-state index in [1.54, 1.807) is 0 Å². The summed E-state index contributed by atoms with van der Waals surface area (Å²) < 4.78 is 6.54. The lowest BCUT2D eigenvalue weighted by atomic mass is 9.83. The van der Waals surface area contributed by atoms with Crippen LogP contribution in [0.3, 0.4) is 0 Å². The van der Waals surface area contributed by atoms with Gasteiger partial charge < -0.3 is 15.0 Å². The summed E-state index contributed by atoms with van der Waals surface area (Å²) in [5, 5.41) is 3.64. The van der Waals surface area contributed by atoms with E-state index in [0.717, 1.165) is 18.5 Å². The molecule has 3 aliphatic rings. The minimum Gasteiger partial charge on any atom is -0.370 e. The number of hydrogen-bond donors (Lipinski definition) is 1. The maximum absolute atomic E-state index is 6.54. The van der Waals surface area contributed by atoms with Gasteiger partial charge in [0.1, 0.15) is 0 Å². The Hall–Kier alpha value is -0.120. The Bertz CT molecular complexity index is 327. The Morgan fingerprint density at radius 2 is 1.95 bits per heavy atom. The molecule has 0 bridgehead atoms. The summed E-state index contributed by atoms with van der Waals surface area (Å²) in [5.41, 5.74) is 0.288. The Balaban J connectivity index is 1.45. The van der Waals surface area contributed by atoms with Gasteiger partial charge in [-0.05, 0) is 51.1 Å².